The van der Waals surface area contributed by atoms with Crippen LogP contribution in [0.15, 0.2) is 0 Å². The van der Waals surface area contributed by atoms with Crippen LogP contribution in [0.5, 0.6) is 0 Å². The van der Waals surface area contributed by atoms with Crippen molar-refractivity contribution in [1.29, 1.82) is 0 Å². The molecule has 0 unspecified atom stereocenters. The molecule has 0 aromatic rings. The summed E-state index contributed by atoms with van der Waals surface area (Å²) in [5.41, 5.74) is 0. The van der Waals surface area contributed by atoms with Crippen LogP contribution in [-0.4, -0.2) is 32.0 Å². The van der Waals surface area contributed by atoms with Gasteiger partial charge in [-0.15, -0.1) is 0 Å². The minimum Gasteiger partial charge on any atom is -0.449 e. The third kappa shape index (κ3) is 2.90. The Bertz CT molecular complexity index is 161. The quantitative estimate of drug-likeness (QED) is 0.610. The molecule has 1 aliphatic rings. The van der Waals surface area contributed by atoms with Gasteiger partial charge in [0.05, 0.1) is 0 Å². The minimum absolute atomic E-state index is 0.326. The van der Waals surface area contributed by atoms with Crippen LogP contribution >= 0.6 is 0 Å². The molecule has 0 amide bonds. The fraction of sp³-hybridized carbons (Fsp3) is 1.00. The summed E-state index contributed by atoms with van der Waals surface area (Å²) in [5.74, 6) is -0.990. The van der Waals surface area contributed by atoms with Crippen LogP contribution in [0.25, 0.3) is 0 Å². The Hall–Kier alpha value is -0.185. The van der Waals surface area contributed by atoms with Crippen LogP contribution in [0.3, 0.4) is 0 Å². The van der Waals surface area contributed by atoms with Crippen LogP contribution in [-0.2, 0) is 0 Å². The largest absolute Gasteiger partial charge is 0.481 e. The number of rotatable bonds is 2. The normalized spacial score (nSPS) is 30.9. The highest BCUT2D eigenvalue weighted by Gasteiger charge is 2.37. The molecule has 0 aliphatic heterocycles. The molecule has 78 valence electrons. The Kier molecular flexibility index (Phi) is 3.27. The first-order valence-electron chi connectivity index (χ1n) is 4.77. The van der Waals surface area contributed by atoms with Gasteiger partial charge >= 0.3 is 6.98 Å². The van der Waals surface area contributed by atoms with E-state index in [1.54, 1.807) is 0 Å². The van der Waals surface area contributed by atoms with E-state index < -0.39 is 12.8 Å². The molecule has 1 saturated carbocycles. The standard InChI is InChI=1S/C8H16BF3N/c1-13(2)8-5-3-7(4-6-8)9(10,11)12/h7-8H,3-6H2,1-2H3/q-1. The van der Waals surface area contributed by atoms with E-state index in [0.29, 0.717) is 31.7 Å². The van der Waals surface area contributed by atoms with Crippen molar-refractivity contribution in [2.24, 2.45) is 0 Å². The van der Waals surface area contributed by atoms with Crippen LogP contribution in [0, 0.1) is 0 Å². The Balaban J connectivity index is 2.39. The summed E-state index contributed by atoms with van der Waals surface area (Å²) in [6.45, 7) is -4.59. The number of nitrogens with zero attached hydrogens (tertiary/aromatic N) is 1. The fourth-order valence-corrected chi connectivity index (χ4v) is 2.00. The van der Waals surface area contributed by atoms with Gasteiger partial charge in [-0.3, -0.25) is 0 Å². The van der Waals surface area contributed by atoms with Gasteiger partial charge in [-0.2, -0.15) is 0 Å². The van der Waals surface area contributed by atoms with Crippen molar-refractivity contribution in [3.8, 4) is 0 Å². The smallest absolute Gasteiger partial charge is 0.449 e. The lowest BCUT2D eigenvalue weighted by atomic mass is 9.64. The maximum absolute atomic E-state index is 12.3. The first-order valence-corrected chi connectivity index (χ1v) is 4.77. The Morgan fingerprint density at radius 2 is 1.46 bits per heavy atom. The van der Waals surface area contributed by atoms with Gasteiger partial charge in [-0.05, 0) is 26.9 Å². The molecule has 5 heteroatoms. The average Bonchev–Trinajstić information content (AvgIpc) is 2.03. The molecule has 0 atom stereocenters. The van der Waals surface area contributed by atoms with Crippen molar-refractivity contribution in [3.63, 3.8) is 0 Å². The maximum Gasteiger partial charge on any atom is 0.481 e. The predicted molar refractivity (Wildman–Crippen MR) is 48.8 cm³/mol. The summed E-state index contributed by atoms with van der Waals surface area (Å²) in [6.07, 6.45) is 2.04. The van der Waals surface area contributed by atoms with Crippen LogP contribution in [0.1, 0.15) is 25.7 Å². The summed E-state index contributed by atoms with van der Waals surface area (Å²) in [4.78, 5) is 2.03. The number of halogens is 3. The molecule has 0 N–H and O–H groups in total. The van der Waals surface area contributed by atoms with E-state index >= 15 is 0 Å². The van der Waals surface area contributed by atoms with Crippen LogP contribution in [0.4, 0.5) is 12.9 Å². The molecule has 1 aliphatic carbocycles. The van der Waals surface area contributed by atoms with Crippen molar-refractivity contribution < 1.29 is 12.9 Å². The van der Waals surface area contributed by atoms with Crippen molar-refractivity contribution in [2.75, 3.05) is 14.1 Å². The molecular formula is C8H16BF3N-. The summed E-state index contributed by atoms with van der Waals surface area (Å²) in [6, 6.07) is 0.356. The Morgan fingerprint density at radius 3 is 1.77 bits per heavy atom. The van der Waals surface area contributed by atoms with E-state index in [4.69, 9.17) is 0 Å². The maximum atomic E-state index is 12.3. The van der Waals surface area contributed by atoms with Crippen molar-refractivity contribution in [2.45, 2.75) is 37.5 Å². The highest BCUT2D eigenvalue weighted by Crippen LogP contribution is 2.39. The summed E-state index contributed by atoms with van der Waals surface area (Å²) < 4.78 is 37.0. The molecule has 1 rings (SSSR count). The molecule has 0 saturated heterocycles. The van der Waals surface area contributed by atoms with Gasteiger partial charge < -0.3 is 17.8 Å². The zero-order valence-corrected chi connectivity index (χ0v) is 8.14. The minimum atomic E-state index is -4.59. The SMILES string of the molecule is CN(C)C1CCC([B-](F)(F)F)CC1. The van der Waals surface area contributed by atoms with E-state index in [9.17, 15) is 12.9 Å². The molecule has 13 heavy (non-hydrogen) atoms. The van der Waals surface area contributed by atoms with Gasteiger partial charge in [0.25, 0.3) is 0 Å². The average molecular weight is 194 g/mol. The Morgan fingerprint density at radius 1 is 1.00 bits per heavy atom. The molecule has 1 fully saturated rings. The van der Waals surface area contributed by atoms with Crippen molar-refractivity contribution >= 4 is 6.98 Å². The highest BCUT2D eigenvalue weighted by molar-refractivity contribution is 6.60. The van der Waals surface area contributed by atoms with Gasteiger partial charge in [-0.25, -0.2) is 0 Å². The third-order valence-corrected chi connectivity index (χ3v) is 3.01. The van der Waals surface area contributed by atoms with E-state index in [2.05, 4.69) is 0 Å². The summed E-state index contributed by atoms with van der Waals surface area (Å²) >= 11 is 0. The topological polar surface area (TPSA) is 3.24 Å². The third-order valence-electron chi connectivity index (χ3n) is 3.01. The second-order valence-corrected chi connectivity index (χ2v) is 4.16. The molecular weight excluding hydrogens is 178 g/mol. The molecule has 0 radical (unpaired) electrons. The monoisotopic (exact) mass is 194 g/mol. The predicted octanol–water partition coefficient (Wildman–Crippen LogP) is 2.71. The number of hydrogen-bond acceptors (Lipinski definition) is 1. The summed E-state index contributed by atoms with van der Waals surface area (Å²) in [5, 5.41) is 0. The van der Waals surface area contributed by atoms with E-state index in [1.165, 1.54) is 0 Å². The Labute approximate surface area is 77.4 Å². The lowest BCUT2D eigenvalue weighted by Gasteiger charge is -2.36. The zero-order valence-electron chi connectivity index (χ0n) is 8.14. The molecule has 0 spiro atoms. The molecule has 0 bridgehead atoms. The molecule has 0 aromatic carbocycles. The van der Waals surface area contributed by atoms with E-state index in [-0.39, 0.29) is 0 Å². The van der Waals surface area contributed by atoms with Gasteiger partial charge in [0.2, 0.25) is 0 Å². The molecule has 0 aromatic heterocycles. The second kappa shape index (κ2) is 3.90. The van der Waals surface area contributed by atoms with Gasteiger partial charge in [0.1, 0.15) is 0 Å². The first kappa shape index (κ1) is 10.9. The highest BCUT2D eigenvalue weighted by atomic mass is 19.4. The van der Waals surface area contributed by atoms with E-state index in [0.717, 1.165) is 0 Å². The number of hydrogen-bond donors (Lipinski definition) is 0. The first-order chi connectivity index (χ1) is 5.91. The summed E-state index contributed by atoms with van der Waals surface area (Å²) in [7, 11) is 3.87. The van der Waals surface area contributed by atoms with Crippen LogP contribution in [0.2, 0.25) is 5.82 Å². The van der Waals surface area contributed by atoms with Crippen molar-refractivity contribution in [1.82, 2.24) is 4.90 Å². The lowest BCUT2D eigenvalue weighted by molar-refractivity contribution is 0.217. The lowest BCUT2D eigenvalue weighted by Crippen LogP contribution is -2.35. The van der Waals surface area contributed by atoms with Crippen LogP contribution < -0.4 is 0 Å². The van der Waals surface area contributed by atoms with E-state index in [1.807, 2.05) is 19.0 Å². The molecule has 0 heterocycles. The molecule has 1 nitrogen and oxygen atoms in total. The second-order valence-electron chi connectivity index (χ2n) is 4.16. The van der Waals surface area contributed by atoms with Gasteiger partial charge in [-0.1, -0.05) is 18.7 Å². The van der Waals surface area contributed by atoms with Gasteiger partial charge in [0, 0.05) is 6.04 Å². The zero-order chi connectivity index (χ0) is 10.1. The fourth-order valence-electron chi connectivity index (χ4n) is 2.00. The van der Waals surface area contributed by atoms with Crippen molar-refractivity contribution in [3.05, 3.63) is 0 Å². The van der Waals surface area contributed by atoms with Gasteiger partial charge in [0.15, 0.2) is 0 Å².